The molecule has 0 atom stereocenters. The van der Waals surface area contributed by atoms with Crippen LogP contribution < -0.4 is 15.7 Å². The van der Waals surface area contributed by atoms with Crippen molar-refractivity contribution in [2.45, 2.75) is 18.4 Å². The van der Waals surface area contributed by atoms with E-state index in [1.807, 2.05) is 30.3 Å². The second-order valence-electron chi connectivity index (χ2n) is 7.08. The molecule has 31 heavy (non-hydrogen) atoms. The molecular weight excluding hydrogens is 416 g/mol. The summed E-state index contributed by atoms with van der Waals surface area (Å²) in [5, 5.41) is 2.73. The van der Waals surface area contributed by atoms with E-state index in [9.17, 15) is 18.0 Å². The quantitative estimate of drug-likeness (QED) is 0.371. The lowest BCUT2D eigenvalue weighted by Gasteiger charge is -2.12. The molecule has 0 unspecified atom stereocenters. The van der Waals surface area contributed by atoms with E-state index in [0.29, 0.717) is 22.3 Å². The summed E-state index contributed by atoms with van der Waals surface area (Å²) < 4.78 is 28.2. The van der Waals surface area contributed by atoms with E-state index in [4.69, 9.17) is 0 Å². The first-order chi connectivity index (χ1) is 14.8. The van der Waals surface area contributed by atoms with E-state index in [2.05, 4.69) is 20.0 Å². The van der Waals surface area contributed by atoms with Gasteiger partial charge < -0.3 is 15.3 Å². The summed E-state index contributed by atoms with van der Waals surface area (Å²) >= 11 is 0. The van der Waals surface area contributed by atoms with Crippen LogP contribution in [-0.2, 0) is 16.6 Å². The zero-order chi connectivity index (χ0) is 22.0. The molecule has 4 aromatic rings. The van der Waals surface area contributed by atoms with Crippen molar-refractivity contribution >= 4 is 32.7 Å². The molecule has 4 rings (SSSR count). The Morgan fingerprint density at radius 1 is 0.935 bits per heavy atom. The van der Waals surface area contributed by atoms with Crippen LogP contribution in [0.25, 0.3) is 11.0 Å². The van der Waals surface area contributed by atoms with Gasteiger partial charge in [-0.05, 0) is 48.4 Å². The molecule has 3 aromatic carbocycles. The Bertz CT molecular complexity index is 1420. The lowest BCUT2D eigenvalue weighted by atomic mass is 10.1. The normalized spacial score (nSPS) is 11.5. The Morgan fingerprint density at radius 2 is 1.68 bits per heavy atom. The van der Waals surface area contributed by atoms with Crippen molar-refractivity contribution in [2.24, 2.45) is 0 Å². The first kappa shape index (κ1) is 20.6. The smallest absolute Gasteiger partial charge is 0.322 e. The van der Waals surface area contributed by atoms with Crippen molar-refractivity contribution in [1.29, 1.82) is 0 Å². The average molecular weight is 436 g/mol. The number of hydrogen-bond donors (Lipinski definition) is 4. The van der Waals surface area contributed by atoms with Gasteiger partial charge in [0.05, 0.1) is 15.9 Å². The van der Waals surface area contributed by atoms with Gasteiger partial charge in [-0.25, -0.2) is 17.9 Å². The number of rotatable bonds is 6. The van der Waals surface area contributed by atoms with Gasteiger partial charge in [-0.15, -0.1) is 0 Å². The highest BCUT2D eigenvalue weighted by Gasteiger charge is 2.19. The molecule has 0 aliphatic heterocycles. The lowest BCUT2D eigenvalue weighted by molar-refractivity contribution is 0.102. The van der Waals surface area contributed by atoms with E-state index in [1.54, 1.807) is 37.3 Å². The molecule has 0 bridgehead atoms. The number of aromatic nitrogens is 2. The van der Waals surface area contributed by atoms with Gasteiger partial charge in [-0.2, -0.15) is 0 Å². The van der Waals surface area contributed by atoms with Gasteiger partial charge in [-0.3, -0.25) is 4.79 Å². The number of hydrogen-bond acceptors (Lipinski definition) is 4. The van der Waals surface area contributed by atoms with Gasteiger partial charge in [0.2, 0.25) is 10.0 Å². The zero-order valence-corrected chi connectivity index (χ0v) is 17.4. The van der Waals surface area contributed by atoms with Crippen LogP contribution in [0.2, 0.25) is 0 Å². The number of amides is 1. The molecule has 1 heterocycles. The maximum absolute atomic E-state index is 12.8. The largest absolute Gasteiger partial charge is 0.323 e. The number of imidazole rings is 1. The third-order valence-electron chi connectivity index (χ3n) is 4.82. The molecule has 4 N–H and O–H groups in total. The molecule has 8 nitrogen and oxygen atoms in total. The van der Waals surface area contributed by atoms with Crippen molar-refractivity contribution in [1.82, 2.24) is 14.7 Å². The number of anilines is 1. The molecule has 9 heteroatoms. The fraction of sp³-hybridized carbons (Fsp3) is 0.0909. The standard InChI is InChI=1S/C22H20N4O4S/c1-14-7-8-16(11-20(14)31(29,30)23-13-15-5-3-2-4-6-15)21(27)24-17-9-10-18-19(12-17)26-22(28)25-18/h2-12,23H,13H2,1H3,(H,24,27)(H2,25,26,28). The number of H-pyrrole nitrogens is 2. The van der Waals surface area contributed by atoms with Crippen LogP contribution in [0.1, 0.15) is 21.5 Å². The maximum Gasteiger partial charge on any atom is 0.323 e. The predicted molar refractivity (Wildman–Crippen MR) is 119 cm³/mol. The van der Waals surface area contributed by atoms with Gasteiger partial charge in [0.15, 0.2) is 0 Å². The summed E-state index contributed by atoms with van der Waals surface area (Å²) in [4.78, 5) is 29.4. The second kappa shape index (κ2) is 8.21. The molecule has 0 radical (unpaired) electrons. The van der Waals surface area contributed by atoms with Crippen LogP contribution in [0.4, 0.5) is 5.69 Å². The Balaban J connectivity index is 1.55. The zero-order valence-electron chi connectivity index (χ0n) is 16.6. The minimum Gasteiger partial charge on any atom is -0.322 e. The van der Waals surface area contributed by atoms with Gasteiger partial charge >= 0.3 is 5.69 Å². The average Bonchev–Trinajstić information content (AvgIpc) is 3.12. The number of carbonyl (C=O) groups excluding carboxylic acids is 1. The van der Waals surface area contributed by atoms with Crippen LogP contribution >= 0.6 is 0 Å². The number of carbonyl (C=O) groups is 1. The van der Waals surface area contributed by atoms with E-state index in [1.165, 1.54) is 6.07 Å². The Kier molecular flexibility index (Phi) is 5.45. The predicted octanol–water partition coefficient (Wildman–Crippen LogP) is 2.90. The molecule has 158 valence electrons. The van der Waals surface area contributed by atoms with E-state index < -0.39 is 15.9 Å². The van der Waals surface area contributed by atoms with Crippen LogP contribution in [0.15, 0.2) is 76.4 Å². The van der Waals surface area contributed by atoms with Gasteiger partial charge in [0, 0.05) is 17.8 Å². The summed E-state index contributed by atoms with van der Waals surface area (Å²) in [7, 11) is -3.82. The van der Waals surface area contributed by atoms with Crippen molar-refractivity contribution < 1.29 is 13.2 Å². The number of nitrogens with one attached hydrogen (secondary N) is 4. The molecule has 0 saturated carbocycles. The van der Waals surface area contributed by atoms with E-state index in [0.717, 1.165) is 5.56 Å². The fourth-order valence-electron chi connectivity index (χ4n) is 3.20. The van der Waals surface area contributed by atoms with Crippen molar-refractivity contribution in [3.63, 3.8) is 0 Å². The molecule has 0 aliphatic rings. The SMILES string of the molecule is Cc1ccc(C(=O)Nc2ccc3[nH]c(=O)[nH]c3c2)cc1S(=O)(=O)NCc1ccccc1. The van der Waals surface area contributed by atoms with Gasteiger partial charge in [-0.1, -0.05) is 36.4 Å². The van der Waals surface area contributed by atoms with Crippen molar-refractivity contribution in [3.05, 3.63) is 93.9 Å². The van der Waals surface area contributed by atoms with Crippen LogP contribution in [0, 0.1) is 6.92 Å². The Hall–Kier alpha value is -3.69. The Labute approximate surface area is 178 Å². The first-order valence-electron chi connectivity index (χ1n) is 9.49. The van der Waals surface area contributed by atoms with Crippen molar-refractivity contribution in [3.8, 4) is 0 Å². The molecule has 0 aliphatic carbocycles. The fourth-order valence-corrected chi connectivity index (χ4v) is 4.48. The minimum absolute atomic E-state index is 0.0431. The number of benzene rings is 3. The summed E-state index contributed by atoms with van der Waals surface area (Å²) in [6.07, 6.45) is 0. The molecule has 0 spiro atoms. The second-order valence-corrected chi connectivity index (χ2v) is 8.82. The summed E-state index contributed by atoms with van der Waals surface area (Å²) in [5.41, 5.74) is 2.87. The van der Waals surface area contributed by atoms with Crippen LogP contribution in [0.3, 0.4) is 0 Å². The van der Waals surface area contributed by atoms with Crippen molar-refractivity contribution in [2.75, 3.05) is 5.32 Å². The molecule has 0 fully saturated rings. The highest BCUT2D eigenvalue weighted by molar-refractivity contribution is 7.89. The number of sulfonamides is 1. The first-order valence-corrected chi connectivity index (χ1v) is 11.0. The highest BCUT2D eigenvalue weighted by Crippen LogP contribution is 2.20. The maximum atomic E-state index is 12.8. The van der Waals surface area contributed by atoms with Crippen LogP contribution in [-0.4, -0.2) is 24.3 Å². The minimum atomic E-state index is -3.82. The summed E-state index contributed by atoms with van der Waals surface area (Å²) in [6.45, 7) is 1.82. The molecule has 0 saturated heterocycles. The number of fused-ring (bicyclic) bond motifs is 1. The van der Waals surface area contributed by atoms with Gasteiger partial charge in [0.1, 0.15) is 0 Å². The van der Waals surface area contributed by atoms with E-state index in [-0.39, 0.29) is 22.7 Å². The van der Waals surface area contributed by atoms with Gasteiger partial charge in [0.25, 0.3) is 5.91 Å². The third kappa shape index (κ3) is 4.57. The highest BCUT2D eigenvalue weighted by atomic mass is 32.2. The molecule has 1 amide bonds. The summed E-state index contributed by atoms with van der Waals surface area (Å²) in [5.74, 6) is -0.461. The number of aryl methyl sites for hydroxylation is 1. The van der Waals surface area contributed by atoms with Crippen LogP contribution in [0.5, 0.6) is 0 Å². The monoisotopic (exact) mass is 436 g/mol. The summed E-state index contributed by atoms with van der Waals surface area (Å²) in [6, 6.07) is 18.6. The lowest BCUT2D eigenvalue weighted by Crippen LogP contribution is -2.24. The number of aromatic amines is 2. The topological polar surface area (TPSA) is 124 Å². The molecular formula is C22H20N4O4S. The molecule has 1 aromatic heterocycles. The third-order valence-corrected chi connectivity index (χ3v) is 6.37. The van der Waals surface area contributed by atoms with E-state index >= 15 is 0 Å². The Morgan fingerprint density at radius 3 is 2.45 bits per heavy atom.